The fraction of sp³-hybridized carbons (Fsp3) is 0.667. The maximum absolute atomic E-state index is 11.4. The third kappa shape index (κ3) is 4.46. The first kappa shape index (κ1) is 11.0. The van der Waals surface area contributed by atoms with Crippen molar-refractivity contribution >= 4 is 24.8 Å². The van der Waals surface area contributed by atoms with Gasteiger partial charge in [-0.05, 0) is 31.1 Å². The van der Waals surface area contributed by atoms with Gasteiger partial charge in [0.1, 0.15) is 0 Å². The lowest BCUT2D eigenvalue weighted by atomic mass is 10.9. The van der Waals surface area contributed by atoms with Gasteiger partial charge in [-0.15, -0.1) is 0 Å². The third-order valence-corrected chi connectivity index (χ3v) is 2.80. The third-order valence-electron chi connectivity index (χ3n) is 0.829. The van der Waals surface area contributed by atoms with E-state index in [-0.39, 0.29) is 0 Å². The first-order valence-corrected chi connectivity index (χ1v) is 5.31. The van der Waals surface area contributed by atoms with Crippen molar-refractivity contribution in [3.8, 4) is 0 Å². The topological polar surface area (TPSA) is 35.5 Å². The van der Waals surface area contributed by atoms with Gasteiger partial charge in [-0.2, -0.15) is 0 Å². The molecule has 0 unspecified atom stereocenters. The largest absolute Gasteiger partial charge is 0.362 e. The van der Waals surface area contributed by atoms with Gasteiger partial charge in [-0.1, -0.05) is 0 Å². The van der Waals surface area contributed by atoms with Gasteiger partial charge >= 0.3 is 7.60 Å². The maximum atomic E-state index is 11.4. The van der Waals surface area contributed by atoms with Gasteiger partial charge in [0, 0.05) is 0 Å². The molecule has 0 aliphatic heterocycles. The summed E-state index contributed by atoms with van der Waals surface area (Å²) in [6.45, 7) is 4.15. The fourth-order valence-electron chi connectivity index (χ4n) is 0.536. The second kappa shape index (κ2) is 5.64. The van der Waals surface area contributed by atoms with Gasteiger partial charge < -0.3 is 9.05 Å². The number of thiocarbonyl (C=S) groups is 1. The fourth-order valence-corrected chi connectivity index (χ4v) is 2.00. The Morgan fingerprint density at radius 1 is 1.45 bits per heavy atom. The molecule has 0 fully saturated rings. The Bertz CT molecular complexity index is 188. The van der Waals surface area contributed by atoms with Crippen LogP contribution >= 0.6 is 19.8 Å². The lowest BCUT2D eigenvalue weighted by Gasteiger charge is -2.10. The smallest absolute Gasteiger partial charge is 0.305 e. The van der Waals surface area contributed by atoms with Crippen molar-refractivity contribution in [2.24, 2.45) is 0 Å². The molecule has 0 aromatic rings. The molecule has 0 rings (SSSR count). The van der Waals surface area contributed by atoms with E-state index in [1.807, 2.05) is 0 Å². The average molecular weight is 194 g/mol. The molecule has 0 aliphatic carbocycles. The van der Waals surface area contributed by atoms with E-state index in [9.17, 15) is 4.57 Å². The average Bonchev–Trinajstić information content (AvgIpc) is 1.88. The van der Waals surface area contributed by atoms with Gasteiger partial charge in [0.15, 0.2) is 0 Å². The molecule has 0 spiro atoms. The van der Waals surface area contributed by atoms with Crippen LogP contribution in [0.15, 0.2) is 5.82 Å². The Hall–Kier alpha value is 0.0200. The Balaban J connectivity index is 4.25. The molecule has 0 atom stereocenters. The van der Waals surface area contributed by atoms with Crippen LogP contribution in [0.5, 0.6) is 0 Å². The van der Waals surface area contributed by atoms with E-state index < -0.39 is 7.60 Å². The summed E-state index contributed by atoms with van der Waals surface area (Å²) in [7, 11) is -3.06. The summed E-state index contributed by atoms with van der Waals surface area (Å²) in [5.74, 6) is 1.16. The molecule has 0 radical (unpaired) electrons. The van der Waals surface area contributed by atoms with Crippen LogP contribution in [-0.4, -0.2) is 18.2 Å². The van der Waals surface area contributed by atoms with Crippen LogP contribution in [0, 0.1) is 0 Å². The van der Waals surface area contributed by atoms with Crippen LogP contribution in [0.4, 0.5) is 0 Å². The van der Waals surface area contributed by atoms with E-state index in [4.69, 9.17) is 9.05 Å². The van der Waals surface area contributed by atoms with E-state index in [1.165, 1.54) is 0 Å². The van der Waals surface area contributed by atoms with Crippen molar-refractivity contribution in [2.45, 2.75) is 13.8 Å². The maximum Gasteiger partial charge on any atom is 0.362 e. The zero-order valence-corrected chi connectivity index (χ0v) is 8.28. The molecule has 0 aromatic heterocycles. The molecule has 11 heavy (non-hydrogen) atoms. The molecule has 0 N–H and O–H groups in total. The molecular weight excluding hydrogens is 183 g/mol. The summed E-state index contributed by atoms with van der Waals surface area (Å²) < 4.78 is 21.1. The highest BCUT2D eigenvalue weighted by Gasteiger charge is 2.18. The number of hydrogen-bond acceptors (Lipinski definition) is 4. The van der Waals surface area contributed by atoms with E-state index in [0.717, 1.165) is 5.82 Å². The number of rotatable bonds is 5. The van der Waals surface area contributed by atoms with Crippen molar-refractivity contribution in [3.63, 3.8) is 0 Å². The second-order valence-electron chi connectivity index (χ2n) is 1.62. The molecule has 0 bridgehead atoms. The molecule has 64 valence electrons. The first-order chi connectivity index (χ1) is 5.18. The molecule has 0 saturated carbocycles. The van der Waals surface area contributed by atoms with Crippen LogP contribution in [0.2, 0.25) is 0 Å². The highest BCUT2D eigenvalue weighted by Crippen LogP contribution is 2.48. The van der Waals surface area contributed by atoms with Crippen molar-refractivity contribution < 1.29 is 13.6 Å². The van der Waals surface area contributed by atoms with Gasteiger partial charge in [-0.25, -0.2) is 0 Å². The lowest BCUT2D eigenvalue weighted by Crippen LogP contribution is -1.92. The number of hydrogen-bond donors (Lipinski definition) is 0. The first-order valence-electron chi connectivity index (χ1n) is 3.29. The van der Waals surface area contributed by atoms with Gasteiger partial charge in [0.2, 0.25) is 0 Å². The molecular formula is C6H11O3PS. The summed E-state index contributed by atoms with van der Waals surface area (Å²) in [5, 5.41) is 2.22. The van der Waals surface area contributed by atoms with Crippen molar-refractivity contribution in [1.82, 2.24) is 0 Å². The molecule has 0 heterocycles. The summed E-state index contributed by atoms with van der Waals surface area (Å²) in [5.41, 5.74) is 0. The predicted molar refractivity (Wildman–Crippen MR) is 48.0 cm³/mol. The Morgan fingerprint density at radius 3 is 2.18 bits per heavy atom. The molecule has 0 amide bonds. The molecule has 0 aliphatic rings. The molecule has 0 aromatic carbocycles. The van der Waals surface area contributed by atoms with Crippen LogP contribution in [0.25, 0.3) is 0 Å². The van der Waals surface area contributed by atoms with Crippen molar-refractivity contribution in [2.75, 3.05) is 13.2 Å². The van der Waals surface area contributed by atoms with E-state index in [0.29, 0.717) is 13.2 Å². The molecule has 5 heteroatoms. The normalized spacial score (nSPS) is 10.7. The SMILES string of the molecule is CCOP(=O)(C=C=S)OCC. The van der Waals surface area contributed by atoms with Gasteiger partial charge in [0.25, 0.3) is 0 Å². The zero-order chi connectivity index (χ0) is 8.74. The predicted octanol–water partition coefficient (Wildman–Crippen LogP) is 2.36. The van der Waals surface area contributed by atoms with Crippen LogP contribution in [0.3, 0.4) is 0 Å². The minimum Gasteiger partial charge on any atom is -0.305 e. The summed E-state index contributed by atoms with van der Waals surface area (Å²) in [6, 6.07) is 0. The summed E-state index contributed by atoms with van der Waals surface area (Å²) in [4.78, 5) is 0. The van der Waals surface area contributed by atoms with Crippen molar-refractivity contribution in [3.05, 3.63) is 5.82 Å². The second-order valence-corrected chi connectivity index (χ2v) is 3.71. The zero-order valence-electron chi connectivity index (χ0n) is 6.57. The summed E-state index contributed by atoms with van der Waals surface area (Å²) in [6.07, 6.45) is 0. The van der Waals surface area contributed by atoms with E-state index in [1.54, 1.807) is 13.8 Å². The van der Waals surface area contributed by atoms with Gasteiger partial charge in [-0.3, -0.25) is 4.57 Å². The minimum absolute atomic E-state index is 0.338. The van der Waals surface area contributed by atoms with Crippen LogP contribution in [0.1, 0.15) is 13.8 Å². The Kier molecular flexibility index (Phi) is 5.65. The highest BCUT2D eigenvalue weighted by molar-refractivity contribution is 7.79. The lowest BCUT2D eigenvalue weighted by molar-refractivity contribution is 0.229. The standard InChI is InChI=1S/C6H11O3PS/c1-3-8-10(7,5-6-11)9-4-2/h5H,3-4H2,1-2H3. The minimum atomic E-state index is -3.06. The van der Waals surface area contributed by atoms with E-state index in [2.05, 4.69) is 17.2 Å². The highest BCUT2D eigenvalue weighted by atomic mass is 32.1. The van der Waals surface area contributed by atoms with Crippen LogP contribution < -0.4 is 0 Å². The van der Waals surface area contributed by atoms with E-state index >= 15 is 0 Å². The van der Waals surface area contributed by atoms with Crippen molar-refractivity contribution in [1.29, 1.82) is 0 Å². The molecule has 0 saturated heterocycles. The monoisotopic (exact) mass is 194 g/mol. The quantitative estimate of drug-likeness (QED) is 0.497. The Morgan fingerprint density at radius 2 is 1.91 bits per heavy atom. The molecule has 3 nitrogen and oxygen atoms in total. The Labute approximate surface area is 71.9 Å². The van der Waals surface area contributed by atoms with Crippen LogP contribution in [-0.2, 0) is 13.6 Å². The summed E-state index contributed by atoms with van der Waals surface area (Å²) >= 11 is 4.39. The van der Waals surface area contributed by atoms with Gasteiger partial charge in [0.05, 0.1) is 19.0 Å².